The van der Waals surface area contributed by atoms with Crippen LogP contribution in [0.15, 0.2) is 23.4 Å². The van der Waals surface area contributed by atoms with Gasteiger partial charge in [-0.05, 0) is 50.6 Å². The Labute approximate surface area is 124 Å². The molecule has 0 bridgehead atoms. The molecule has 3 N–H and O–H groups in total. The molecule has 0 aliphatic carbocycles. The van der Waals surface area contributed by atoms with Gasteiger partial charge in [0.25, 0.3) is 0 Å². The molecule has 0 aromatic heterocycles. The Hall–Kier alpha value is -1.46. The predicted octanol–water partition coefficient (Wildman–Crippen LogP) is 2.30. The van der Waals surface area contributed by atoms with Gasteiger partial charge < -0.3 is 20.6 Å². The van der Waals surface area contributed by atoms with Gasteiger partial charge >= 0.3 is 0 Å². The highest BCUT2D eigenvalue weighted by atomic mass is 35.5. The van der Waals surface area contributed by atoms with E-state index in [0.717, 1.165) is 13.0 Å². The number of oxime groups is 1. The van der Waals surface area contributed by atoms with E-state index in [-0.39, 0.29) is 5.84 Å². The van der Waals surface area contributed by atoms with E-state index in [4.69, 9.17) is 27.3 Å². The lowest BCUT2D eigenvalue weighted by Gasteiger charge is -2.14. The first kappa shape index (κ1) is 14.9. The summed E-state index contributed by atoms with van der Waals surface area (Å²) >= 11 is 6.06. The molecule has 110 valence electrons. The molecule has 0 radical (unpaired) electrons. The van der Waals surface area contributed by atoms with Crippen LogP contribution in [0.4, 0.5) is 0 Å². The van der Waals surface area contributed by atoms with E-state index >= 15 is 0 Å². The molecule has 2 rings (SSSR count). The highest BCUT2D eigenvalue weighted by Gasteiger charge is 2.11. The van der Waals surface area contributed by atoms with Gasteiger partial charge in [-0.25, -0.2) is 0 Å². The second-order valence-electron chi connectivity index (χ2n) is 4.88. The number of hydrogen-bond donors (Lipinski definition) is 2. The third-order valence-corrected chi connectivity index (χ3v) is 3.72. The van der Waals surface area contributed by atoms with Crippen LogP contribution in [0.5, 0.6) is 5.75 Å². The van der Waals surface area contributed by atoms with Crippen molar-refractivity contribution in [3.05, 3.63) is 28.8 Å². The van der Waals surface area contributed by atoms with E-state index in [9.17, 15) is 0 Å². The van der Waals surface area contributed by atoms with Crippen molar-refractivity contribution in [2.45, 2.75) is 19.3 Å². The Morgan fingerprint density at radius 2 is 2.15 bits per heavy atom. The molecule has 1 aromatic rings. The summed E-state index contributed by atoms with van der Waals surface area (Å²) in [4.78, 5) is 2.46. The van der Waals surface area contributed by atoms with E-state index in [1.165, 1.54) is 25.9 Å². The lowest BCUT2D eigenvalue weighted by Crippen LogP contribution is -2.21. The molecule has 20 heavy (non-hydrogen) atoms. The molecule has 0 unspecified atom stereocenters. The maximum absolute atomic E-state index is 8.63. The number of hydrogen-bond acceptors (Lipinski definition) is 4. The number of ether oxygens (including phenoxy) is 1. The second-order valence-corrected chi connectivity index (χ2v) is 5.28. The number of nitrogens with two attached hydrogens (primary N) is 1. The van der Waals surface area contributed by atoms with E-state index in [1.54, 1.807) is 18.2 Å². The van der Waals surface area contributed by atoms with Gasteiger partial charge in [-0.2, -0.15) is 0 Å². The number of halogens is 1. The fourth-order valence-electron chi connectivity index (χ4n) is 2.33. The lowest BCUT2D eigenvalue weighted by molar-refractivity contribution is 0.263. The lowest BCUT2D eigenvalue weighted by atomic mass is 10.2. The topological polar surface area (TPSA) is 71.1 Å². The molecule has 1 fully saturated rings. The molecule has 0 saturated carbocycles. The highest BCUT2D eigenvalue weighted by Crippen LogP contribution is 2.22. The standard InChI is InChI=1S/C14H20ClN3O2/c15-13-10-11(4-5-12(13)14(16)17-19)20-9-3-8-18-6-1-2-7-18/h4-5,10,19H,1-3,6-9H2,(H2,16,17). The molecule has 0 atom stereocenters. The van der Waals surface area contributed by atoms with Crippen molar-refractivity contribution in [3.8, 4) is 5.75 Å². The molecule has 0 spiro atoms. The molecular weight excluding hydrogens is 278 g/mol. The summed E-state index contributed by atoms with van der Waals surface area (Å²) in [5.74, 6) is 0.696. The number of likely N-dealkylation sites (tertiary alicyclic amines) is 1. The van der Waals surface area contributed by atoms with E-state index in [1.807, 2.05) is 0 Å². The summed E-state index contributed by atoms with van der Waals surface area (Å²) < 4.78 is 5.66. The van der Waals surface area contributed by atoms with Crippen molar-refractivity contribution in [2.24, 2.45) is 10.9 Å². The van der Waals surface area contributed by atoms with Gasteiger partial charge in [-0.15, -0.1) is 0 Å². The van der Waals surface area contributed by atoms with Gasteiger partial charge in [-0.3, -0.25) is 0 Å². The Morgan fingerprint density at radius 1 is 1.40 bits per heavy atom. The minimum absolute atomic E-state index is 0.00409. The monoisotopic (exact) mass is 297 g/mol. The molecule has 1 heterocycles. The summed E-state index contributed by atoms with van der Waals surface area (Å²) in [6, 6.07) is 5.15. The number of nitrogens with zero attached hydrogens (tertiary/aromatic N) is 2. The maximum Gasteiger partial charge on any atom is 0.171 e. The zero-order chi connectivity index (χ0) is 14.4. The van der Waals surface area contributed by atoms with Gasteiger partial charge in [0, 0.05) is 12.1 Å². The van der Waals surface area contributed by atoms with E-state index < -0.39 is 0 Å². The molecule has 1 aliphatic rings. The summed E-state index contributed by atoms with van der Waals surface area (Å²) in [6.07, 6.45) is 3.62. The minimum atomic E-state index is -0.00409. The van der Waals surface area contributed by atoms with Gasteiger partial charge in [0.2, 0.25) is 0 Å². The largest absolute Gasteiger partial charge is 0.493 e. The fourth-order valence-corrected chi connectivity index (χ4v) is 2.60. The third-order valence-electron chi connectivity index (χ3n) is 3.41. The zero-order valence-electron chi connectivity index (χ0n) is 11.4. The van der Waals surface area contributed by atoms with Crippen molar-refractivity contribution >= 4 is 17.4 Å². The van der Waals surface area contributed by atoms with Crippen LogP contribution < -0.4 is 10.5 Å². The summed E-state index contributed by atoms with van der Waals surface area (Å²) in [5, 5.41) is 12.0. The van der Waals surface area contributed by atoms with Crippen LogP contribution >= 0.6 is 11.6 Å². The van der Waals surface area contributed by atoms with E-state index in [0.29, 0.717) is 22.9 Å². The quantitative estimate of drug-likeness (QED) is 0.278. The van der Waals surface area contributed by atoms with Crippen LogP contribution in [0.1, 0.15) is 24.8 Å². The molecule has 6 heteroatoms. The fraction of sp³-hybridized carbons (Fsp3) is 0.500. The van der Waals surface area contributed by atoms with Crippen LogP contribution in [0.25, 0.3) is 0 Å². The zero-order valence-corrected chi connectivity index (χ0v) is 12.1. The van der Waals surface area contributed by atoms with Crippen LogP contribution in [0.2, 0.25) is 5.02 Å². The number of benzene rings is 1. The summed E-state index contributed by atoms with van der Waals surface area (Å²) in [5.41, 5.74) is 6.00. The molecule has 5 nitrogen and oxygen atoms in total. The Morgan fingerprint density at radius 3 is 2.80 bits per heavy atom. The molecule has 1 aromatic carbocycles. The average molecular weight is 298 g/mol. The first-order chi connectivity index (χ1) is 9.70. The SMILES string of the molecule is N/C(=N/O)c1ccc(OCCCN2CCCC2)cc1Cl. The molecule has 1 saturated heterocycles. The van der Waals surface area contributed by atoms with Gasteiger partial charge in [0.05, 0.1) is 11.6 Å². The average Bonchev–Trinajstić information content (AvgIpc) is 2.96. The van der Waals surface area contributed by atoms with Crippen molar-refractivity contribution in [1.82, 2.24) is 4.90 Å². The third kappa shape index (κ3) is 4.02. The molecule has 1 aliphatic heterocycles. The van der Waals surface area contributed by atoms with Crippen molar-refractivity contribution in [1.29, 1.82) is 0 Å². The maximum atomic E-state index is 8.63. The first-order valence-corrected chi connectivity index (χ1v) is 7.21. The molecule has 0 amide bonds. The second kappa shape index (κ2) is 7.36. The molecular formula is C14H20ClN3O2. The summed E-state index contributed by atoms with van der Waals surface area (Å²) in [6.45, 7) is 4.16. The van der Waals surface area contributed by atoms with Gasteiger partial charge in [-0.1, -0.05) is 16.8 Å². The Kier molecular flexibility index (Phi) is 5.49. The highest BCUT2D eigenvalue weighted by molar-refractivity contribution is 6.34. The first-order valence-electron chi connectivity index (χ1n) is 6.83. The van der Waals surface area contributed by atoms with Crippen molar-refractivity contribution in [3.63, 3.8) is 0 Å². The van der Waals surface area contributed by atoms with Crippen LogP contribution in [0.3, 0.4) is 0 Å². The van der Waals surface area contributed by atoms with Crippen molar-refractivity contribution in [2.75, 3.05) is 26.2 Å². The Balaban J connectivity index is 1.79. The number of amidine groups is 1. The normalized spacial score (nSPS) is 16.6. The van der Waals surface area contributed by atoms with Crippen LogP contribution in [-0.2, 0) is 0 Å². The van der Waals surface area contributed by atoms with Crippen LogP contribution in [-0.4, -0.2) is 42.2 Å². The smallest absolute Gasteiger partial charge is 0.171 e. The van der Waals surface area contributed by atoms with Crippen molar-refractivity contribution < 1.29 is 9.94 Å². The van der Waals surface area contributed by atoms with Crippen LogP contribution in [0, 0.1) is 0 Å². The minimum Gasteiger partial charge on any atom is -0.493 e. The summed E-state index contributed by atoms with van der Waals surface area (Å²) in [7, 11) is 0. The van der Waals surface area contributed by atoms with Gasteiger partial charge in [0.15, 0.2) is 5.84 Å². The Bertz CT molecular complexity index is 473. The van der Waals surface area contributed by atoms with Gasteiger partial charge in [0.1, 0.15) is 5.75 Å². The predicted molar refractivity (Wildman–Crippen MR) is 79.7 cm³/mol. The van der Waals surface area contributed by atoms with E-state index in [2.05, 4.69) is 10.1 Å². The number of rotatable bonds is 6.